The fourth-order valence-electron chi connectivity index (χ4n) is 0.526. The molecule has 2 nitrogen and oxygen atoms in total. The van der Waals surface area contributed by atoms with Crippen LogP contribution < -0.4 is 5.73 Å². The highest BCUT2D eigenvalue weighted by atomic mass is 16.3. The first-order valence-corrected chi connectivity index (χ1v) is 2.57. The number of hydrogen-bond acceptors (Lipinski definition) is 2. The van der Waals surface area contributed by atoms with Gasteiger partial charge >= 0.3 is 0 Å². The molecule has 0 spiro atoms. The van der Waals surface area contributed by atoms with Crippen molar-refractivity contribution in [3.8, 4) is 0 Å². The SMILES string of the molecule is C=C(O)CC(C)(C)N. The van der Waals surface area contributed by atoms with Crippen LogP contribution in [0.15, 0.2) is 12.3 Å². The Morgan fingerprint density at radius 3 is 2.12 bits per heavy atom. The fraction of sp³-hybridized carbons (Fsp3) is 0.667. The summed E-state index contributed by atoms with van der Waals surface area (Å²) in [5.41, 5.74) is 5.19. The van der Waals surface area contributed by atoms with Crippen LogP contribution >= 0.6 is 0 Å². The number of nitrogens with two attached hydrogens (primary N) is 1. The molecule has 3 N–H and O–H groups in total. The van der Waals surface area contributed by atoms with Gasteiger partial charge in [0.15, 0.2) is 0 Å². The summed E-state index contributed by atoms with van der Waals surface area (Å²) in [6.07, 6.45) is 0.465. The van der Waals surface area contributed by atoms with Crippen molar-refractivity contribution in [1.29, 1.82) is 0 Å². The molecular formula is C6H13NO. The van der Waals surface area contributed by atoms with Crippen molar-refractivity contribution >= 4 is 0 Å². The van der Waals surface area contributed by atoms with E-state index in [0.29, 0.717) is 6.42 Å². The number of rotatable bonds is 2. The Morgan fingerprint density at radius 2 is 2.12 bits per heavy atom. The molecule has 0 aliphatic heterocycles. The maximum atomic E-state index is 8.61. The van der Waals surface area contributed by atoms with E-state index in [9.17, 15) is 0 Å². The lowest BCUT2D eigenvalue weighted by molar-refractivity contribution is 0.347. The van der Waals surface area contributed by atoms with E-state index >= 15 is 0 Å². The van der Waals surface area contributed by atoms with Gasteiger partial charge in [-0.2, -0.15) is 0 Å². The Kier molecular flexibility index (Phi) is 2.04. The van der Waals surface area contributed by atoms with Crippen LogP contribution in [-0.2, 0) is 0 Å². The smallest absolute Gasteiger partial charge is 0.0869 e. The zero-order valence-electron chi connectivity index (χ0n) is 5.44. The first-order chi connectivity index (χ1) is 3.42. The van der Waals surface area contributed by atoms with E-state index in [1.165, 1.54) is 0 Å². The van der Waals surface area contributed by atoms with Crippen LogP contribution in [0.25, 0.3) is 0 Å². The molecule has 0 rings (SSSR count). The van der Waals surface area contributed by atoms with Crippen molar-refractivity contribution < 1.29 is 5.11 Å². The number of aliphatic hydroxyl groups is 1. The predicted octanol–water partition coefficient (Wildman–Crippen LogP) is 1.19. The summed E-state index contributed by atoms with van der Waals surface area (Å²) >= 11 is 0. The van der Waals surface area contributed by atoms with E-state index in [-0.39, 0.29) is 11.3 Å². The van der Waals surface area contributed by atoms with Crippen LogP contribution in [-0.4, -0.2) is 10.6 Å². The maximum Gasteiger partial charge on any atom is 0.0869 e. The molecule has 0 saturated carbocycles. The molecule has 0 saturated heterocycles. The molecule has 0 amide bonds. The molecule has 48 valence electrons. The van der Waals surface area contributed by atoms with Gasteiger partial charge in [0.2, 0.25) is 0 Å². The van der Waals surface area contributed by atoms with E-state index in [0.717, 1.165) is 0 Å². The second kappa shape index (κ2) is 2.18. The van der Waals surface area contributed by atoms with E-state index in [1.807, 2.05) is 13.8 Å². The second-order valence-corrected chi connectivity index (χ2v) is 2.73. The third kappa shape index (κ3) is 5.50. The first-order valence-electron chi connectivity index (χ1n) is 2.57. The van der Waals surface area contributed by atoms with E-state index in [2.05, 4.69) is 6.58 Å². The molecule has 0 bridgehead atoms. The van der Waals surface area contributed by atoms with Gasteiger partial charge < -0.3 is 10.8 Å². The molecule has 0 aromatic rings. The lowest BCUT2D eigenvalue weighted by Crippen LogP contribution is -2.31. The number of aliphatic hydroxyl groups excluding tert-OH is 1. The summed E-state index contributed by atoms with van der Waals surface area (Å²) in [6, 6.07) is 0. The molecule has 0 radical (unpaired) electrons. The van der Waals surface area contributed by atoms with Crippen LogP contribution in [0.5, 0.6) is 0 Å². The third-order valence-electron chi connectivity index (χ3n) is 0.660. The van der Waals surface area contributed by atoms with Crippen molar-refractivity contribution in [2.45, 2.75) is 25.8 Å². The van der Waals surface area contributed by atoms with Crippen molar-refractivity contribution in [3.05, 3.63) is 12.3 Å². The average molecular weight is 115 g/mol. The normalized spacial score (nSPS) is 11.4. The molecule has 0 aliphatic rings. The Labute approximate surface area is 50.0 Å². The van der Waals surface area contributed by atoms with Gasteiger partial charge in [0.05, 0.1) is 5.76 Å². The standard InChI is InChI=1S/C6H13NO/c1-5(8)4-6(2,3)7/h8H,1,4,7H2,2-3H3. The lowest BCUT2D eigenvalue weighted by Gasteiger charge is -2.16. The fourth-order valence-corrected chi connectivity index (χ4v) is 0.526. The largest absolute Gasteiger partial charge is 0.513 e. The average Bonchev–Trinajstić information content (AvgIpc) is 1.21. The summed E-state index contributed by atoms with van der Waals surface area (Å²) in [5.74, 6) is 0.150. The molecule has 0 aromatic carbocycles. The van der Waals surface area contributed by atoms with Gasteiger partial charge in [0, 0.05) is 12.0 Å². The maximum absolute atomic E-state index is 8.61. The summed E-state index contributed by atoms with van der Waals surface area (Å²) in [4.78, 5) is 0. The van der Waals surface area contributed by atoms with E-state index in [1.54, 1.807) is 0 Å². The predicted molar refractivity (Wildman–Crippen MR) is 34.7 cm³/mol. The zero-order valence-corrected chi connectivity index (χ0v) is 5.44. The van der Waals surface area contributed by atoms with Crippen molar-refractivity contribution in [3.63, 3.8) is 0 Å². The van der Waals surface area contributed by atoms with E-state index < -0.39 is 0 Å². The molecule has 0 aliphatic carbocycles. The van der Waals surface area contributed by atoms with Gasteiger partial charge in [-0.3, -0.25) is 0 Å². The topological polar surface area (TPSA) is 46.2 Å². The minimum absolute atomic E-state index is 0.150. The van der Waals surface area contributed by atoms with Gasteiger partial charge in [-0.1, -0.05) is 6.58 Å². The van der Waals surface area contributed by atoms with Gasteiger partial charge in [-0.15, -0.1) is 0 Å². The highest BCUT2D eigenvalue weighted by Crippen LogP contribution is 2.07. The Morgan fingerprint density at radius 1 is 1.75 bits per heavy atom. The van der Waals surface area contributed by atoms with Crippen LogP contribution in [0.2, 0.25) is 0 Å². The molecule has 0 aromatic heterocycles. The second-order valence-electron chi connectivity index (χ2n) is 2.73. The van der Waals surface area contributed by atoms with Crippen LogP contribution in [0.1, 0.15) is 20.3 Å². The molecular weight excluding hydrogens is 102 g/mol. The van der Waals surface area contributed by atoms with Crippen LogP contribution in [0, 0.1) is 0 Å². The molecule has 0 fully saturated rings. The number of hydrogen-bond donors (Lipinski definition) is 2. The summed E-state index contributed by atoms with van der Waals surface area (Å²) in [5, 5.41) is 8.61. The Hall–Kier alpha value is -0.500. The van der Waals surface area contributed by atoms with Crippen molar-refractivity contribution in [2.75, 3.05) is 0 Å². The monoisotopic (exact) mass is 115 g/mol. The molecule has 0 heterocycles. The summed E-state index contributed by atoms with van der Waals surface area (Å²) < 4.78 is 0. The zero-order chi connectivity index (χ0) is 6.78. The minimum Gasteiger partial charge on any atom is -0.513 e. The summed E-state index contributed by atoms with van der Waals surface area (Å²) in [7, 11) is 0. The Balaban J connectivity index is 3.55. The Bertz CT molecular complexity index is 91.2. The van der Waals surface area contributed by atoms with Gasteiger partial charge in [-0.25, -0.2) is 0 Å². The van der Waals surface area contributed by atoms with Crippen molar-refractivity contribution in [1.82, 2.24) is 0 Å². The van der Waals surface area contributed by atoms with Gasteiger partial charge in [0.25, 0.3) is 0 Å². The first kappa shape index (κ1) is 7.50. The van der Waals surface area contributed by atoms with E-state index in [4.69, 9.17) is 10.8 Å². The third-order valence-corrected chi connectivity index (χ3v) is 0.660. The van der Waals surface area contributed by atoms with Gasteiger partial charge in [0.1, 0.15) is 0 Å². The summed E-state index contributed by atoms with van der Waals surface area (Å²) in [6.45, 7) is 7.00. The minimum atomic E-state index is -0.328. The van der Waals surface area contributed by atoms with Gasteiger partial charge in [-0.05, 0) is 13.8 Å². The highest BCUT2D eigenvalue weighted by Gasteiger charge is 2.10. The quantitative estimate of drug-likeness (QED) is 0.531. The molecule has 0 atom stereocenters. The van der Waals surface area contributed by atoms with Crippen LogP contribution in [0.3, 0.4) is 0 Å². The molecule has 8 heavy (non-hydrogen) atoms. The van der Waals surface area contributed by atoms with Crippen LogP contribution in [0.4, 0.5) is 0 Å². The molecule has 2 heteroatoms. The highest BCUT2D eigenvalue weighted by molar-refractivity contribution is 4.89. The lowest BCUT2D eigenvalue weighted by atomic mass is 10.0. The van der Waals surface area contributed by atoms with Crippen molar-refractivity contribution in [2.24, 2.45) is 5.73 Å². The molecule has 0 unspecified atom stereocenters.